The van der Waals surface area contributed by atoms with Crippen molar-refractivity contribution in [1.29, 1.82) is 0 Å². The summed E-state index contributed by atoms with van der Waals surface area (Å²) >= 11 is 0. The van der Waals surface area contributed by atoms with Crippen molar-refractivity contribution in [2.45, 2.75) is 18.9 Å². The average Bonchev–Trinajstić information content (AvgIpc) is 3.13. The molecule has 0 aromatic heterocycles. The molecule has 0 unspecified atom stereocenters. The summed E-state index contributed by atoms with van der Waals surface area (Å²) < 4.78 is 5.28. The first-order valence-electron chi connectivity index (χ1n) is 12.0. The molecule has 1 heterocycles. The van der Waals surface area contributed by atoms with Crippen LogP contribution in [0, 0.1) is 0 Å². The molecule has 1 atom stereocenters. The molecule has 37 heavy (non-hydrogen) atoms. The molecule has 0 bridgehead atoms. The largest absolute Gasteiger partial charge is 0.497 e. The Kier molecular flexibility index (Phi) is 6.36. The molecular formula is C30H27N3O4. The zero-order valence-electron chi connectivity index (χ0n) is 20.7. The van der Waals surface area contributed by atoms with Gasteiger partial charge in [0.25, 0.3) is 5.91 Å². The van der Waals surface area contributed by atoms with Gasteiger partial charge in [-0.1, -0.05) is 66.7 Å². The summed E-state index contributed by atoms with van der Waals surface area (Å²) in [5, 5.41) is 7.52. The minimum absolute atomic E-state index is 0.384. The number of para-hydroxylation sites is 1. The number of carbonyl (C=O) groups excluding carboxylic acids is 3. The van der Waals surface area contributed by atoms with E-state index in [-0.39, 0.29) is 6.54 Å². The average molecular weight is 494 g/mol. The van der Waals surface area contributed by atoms with E-state index < -0.39 is 23.4 Å². The number of benzene rings is 4. The third kappa shape index (κ3) is 4.76. The molecule has 186 valence electrons. The Labute approximate surface area is 215 Å². The van der Waals surface area contributed by atoms with Crippen molar-refractivity contribution in [2.75, 3.05) is 19.0 Å². The molecule has 7 heteroatoms. The predicted molar refractivity (Wildman–Crippen MR) is 142 cm³/mol. The van der Waals surface area contributed by atoms with Gasteiger partial charge in [-0.3, -0.25) is 14.5 Å². The van der Waals surface area contributed by atoms with Gasteiger partial charge in [-0.25, -0.2) is 4.79 Å². The SMILES string of the molecule is COc1ccc2cc([C@]3(C)NC(=O)N(CC(=O)Nc4ccccc4Cc4ccccc4)C3=O)ccc2c1. The van der Waals surface area contributed by atoms with Crippen molar-refractivity contribution < 1.29 is 19.1 Å². The fraction of sp³-hybridized carbons (Fsp3) is 0.167. The highest BCUT2D eigenvalue weighted by Gasteiger charge is 2.49. The second-order valence-corrected chi connectivity index (χ2v) is 9.24. The molecule has 1 saturated heterocycles. The number of urea groups is 1. The summed E-state index contributed by atoms with van der Waals surface area (Å²) in [5.74, 6) is -0.184. The molecule has 0 radical (unpaired) electrons. The second-order valence-electron chi connectivity index (χ2n) is 9.24. The number of carbonyl (C=O) groups is 3. The Morgan fingerprint density at radius 1 is 0.919 bits per heavy atom. The number of imide groups is 1. The van der Waals surface area contributed by atoms with Crippen LogP contribution in [-0.2, 0) is 21.5 Å². The number of amides is 4. The van der Waals surface area contributed by atoms with Gasteiger partial charge in [0.05, 0.1) is 7.11 Å². The number of hydrogen-bond acceptors (Lipinski definition) is 4. The molecule has 4 aromatic rings. The molecule has 4 amide bonds. The van der Waals surface area contributed by atoms with Crippen molar-refractivity contribution >= 4 is 34.3 Å². The maximum Gasteiger partial charge on any atom is 0.325 e. The van der Waals surface area contributed by atoms with Gasteiger partial charge in [-0.15, -0.1) is 0 Å². The molecule has 2 N–H and O–H groups in total. The lowest BCUT2D eigenvalue weighted by Crippen LogP contribution is -2.42. The monoisotopic (exact) mass is 493 g/mol. The van der Waals surface area contributed by atoms with Gasteiger partial charge in [0.15, 0.2) is 0 Å². The Morgan fingerprint density at radius 3 is 2.41 bits per heavy atom. The molecule has 1 aliphatic rings. The molecule has 4 aromatic carbocycles. The molecular weight excluding hydrogens is 466 g/mol. The van der Waals surface area contributed by atoms with Crippen LogP contribution in [0.5, 0.6) is 5.75 Å². The lowest BCUT2D eigenvalue weighted by Gasteiger charge is -2.23. The van der Waals surface area contributed by atoms with Gasteiger partial charge >= 0.3 is 6.03 Å². The van der Waals surface area contributed by atoms with Gasteiger partial charge in [-0.05, 0) is 65.1 Å². The number of hydrogen-bond donors (Lipinski definition) is 2. The first-order chi connectivity index (χ1) is 17.9. The number of anilines is 1. The number of ether oxygens (including phenoxy) is 1. The maximum atomic E-state index is 13.4. The van der Waals surface area contributed by atoms with Crippen molar-refractivity contribution in [2.24, 2.45) is 0 Å². The third-order valence-corrected chi connectivity index (χ3v) is 6.73. The van der Waals surface area contributed by atoms with E-state index >= 15 is 0 Å². The lowest BCUT2D eigenvalue weighted by atomic mass is 9.90. The third-order valence-electron chi connectivity index (χ3n) is 6.73. The van der Waals surface area contributed by atoms with E-state index in [2.05, 4.69) is 10.6 Å². The minimum atomic E-state index is -1.28. The minimum Gasteiger partial charge on any atom is -0.497 e. The van der Waals surface area contributed by atoms with E-state index in [9.17, 15) is 14.4 Å². The summed E-state index contributed by atoms with van der Waals surface area (Å²) in [5.41, 5.74) is 2.06. The topological polar surface area (TPSA) is 87.7 Å². The normalized spacial score (nSPS) is 17.1. The van der Waals surface area contributed by atoms with E-state index in [1.54, 1.807) is 14.0 Å². The molecule has 0 spiro atoms. The van der Waals surface area contributed by atoms with Gasteiger partial charge in [-0.2, -0.15) is 0 Å². The smallest absolute Gasteiger partial charge is 0.325 e. The fourth-order valence-electron chi connectivity index (χ4n) is 4.64. The van der Waals surface area contributed by atoms with E-state index in [0.717, 1.165) is 32.5 Å². The van der Waals surface area contributed by atoms with Gasteiger partial charge in [0.2, 0.25) is 5.91 Å². The van der Waals surface area contributed by atoms with E-state index in [1.807, 2.05) is 91.0 Å². The van der Waals surface area contributed by atoms with Crippen LogP contribution in [-0.4, -0.2) is 36.4 Å². The summed E-state index contributed by atoms with van der Waals surface area (Å²) in [6, 6.07) is 28.1. The number of nitrogens with zero attached hydrogens (tertiary/aromatic N) is 1. The summed E-state index contributed by atoms with van der Waals surface area (Å²) in [4.78, 5) is 40.1. The summed E-state index contributed by atoms with van der Waals surface area (Å²) in [6.07, 6.45) is 0.645. The number of fused-ring (bicyclic) bond motifs is 1. The highest BCUT2D eigenvalue weighted by Crippen LogP contribution is 2.32. The first-order valence-corrected chi connectivity index (χ1v) is 12.0. The predicted octanol–water partition coefficient (Wildman–Crippen LogP) is 4.84. The molecule has 1 fully saturated rings. The van der Waals surface area contributed by atoms with Crippen LogP contribution in [0.4, 0.5) is 10.5 Å². The summed E-state index contributed by atoms with van der Waals surface area (Å²) in [7, 11) is 1.61. The second kappa shape index (κ2) is 9.78. The van der Waals surface area contributed by atoms with Crippen molar-refractivity contribution in [3.63, 3.8) is 0 Å². The quantitative estimate of drug-likeness (QED) is 0.361. The maximum absolute atomic E-state index is 13.4. The van der Waals surface area contributed by atoms with E-state index in [0.29, 0.717) is 17.7 Å². The zero-order valence-corrected chi connectivity index (χ0v) is 20.7. The van der Waals surface area contributed by atoms with Crippen molar-refractivity contribution in [1.82, 2.24) is 10.2 Å². The number of rotatable bonds is 7. The standard InChI is InChI=1S/C30H27N3O4/c1-30(24-14-12-22-18-25(37-2)15-13-21(22)17-24)28(35)33(29(36)32-30)19-27(34)31-26-11-7-6-10-23(26)16-20-8-4-3-5-9-20/h3-15,17-18H,16,19H2,1-2H3,(H,31,34)(H,32,36)/t30-/m0/s1. The Morgan fingerprint density at radius 2 is 1.62 bits per heavy atom. The molecule has 0 aliphatic carbocycles. The van der Waals surface area contributed by atoms with Crippen molar-refractivity contribution in [3.8, 4) is 5.75 Å². The fourth-order valence-corrected chi connectivity index (χ4v) is 4.64. The highest BCUT2D eigenvalue weighted by atomic mass is 16.5. The number of methoxy groups -OCH3 is 1. The van der Waals surface area contributed by atoms with Crippen molar-refractivity contribution in [3.05, 3.63) is 108 Å². The summed E-state index contributed by atoms with van der Waals surface area (Å²) in [6.45, 7) is 1.27. The highest BCUT2D eigenvalue weighted by molar-refractivity contribution is 6.10. The first kappa shape index (κ1) is 24.1. The van der Waals surface area contributed by atoms with Crippen LogP contribution in [0.2, 0.25) is 0 Å². The van der Waals surface area contributed by atoms with Crippen LogP contribution < -0.4 is 15.4 Å². The van der Waals surface area contributed by atoms with Crippen LogP contribution in [0.1, 0.15) is 23.6 Å². The van der Waals surface area contributed by atoms with Crippen LogP contribution >= 0.6 is 0 Å². The molecule has 7 nitrogen and oxygen atoms in total. The molecule has 1 aliphatic heterocycles. The zero-order chi connectivity index (χ0) is 26.0. The van der Waals surface area contributed by atoms with E-state index in [4.69, 9.17) is 4.74 Å². The van der Waals surface area contributed by atoms with Crippen LogP contribution in [0.25, 0.3) is 10.8 Å². The van der Waals surface area contributed by atoms with Gasteiger partial charge in [0, 0.05) is 5.69 Å². The molecule has 0 saturated carbocycles. The Hall–Kier alpha value is -4.65. The lowest BCUT2D eigenvalue weighted by molar-refractivity contribution is -0.133. The Bertz CT molecular complexity index is 1500. The van der Waals surface area contributed by atoms with Crippen LogP contribution in [0.3, 0.4) is 0 Å². The van der Waals surface area contributed by atoms with Gasteiger partial charge in [0.1, 0.15) is 17.8 Å². The van der Waals surface area contributed by atoms with Gasteiger partial charge < -0.3 is 15.4 Å². The number of nitrogens with one attached hydrogen (secondary N) is 2. The van der Waals surface area contributed by atoms with E-state index in [1.165, 1.54) is 0 Å². The molecule has 5 rings (SSSR count). The van der Waals surface area contributed by atoms with Crippen LogP contribution in [0.15, 0.2) is 91.0 Å². The Balaban J connectivity index is 1.32.